The van der Waals surface area contributed by atoms with E-state index in [1.807, 2.05) is 0 Å². The van der Waals surface area contributed by atoms with Crippen LogP contribution in [0.15, 0.2) is 24.3 Å². The molecule has 8 heteroatoms. The number of nitrogens with zero attached hydrogens (tertiary/aromatic N) is 3. The van der Waals surface area contributed by atoms with Gasteiger partial charge in [-0.2, -0.15) is 15.0 Å². The molecule has 0 saturated heterocycles. The third-order valence-corrected chi connectivity index (χ3v) is 6.60. The summed E-state index contributed by atoms with van der Waals surface area (Å²) in [5.74, 6) is 2.12. The maximum Gasteiger partial charge on any atom is 0.312 e. The number of benzene rings is 1. The fourth-order valence-corrected chi connectivity index (χ4v) is 5.86. The van der Waals surface area contributed by atoms with Crippen LogP contribution in [-0.2, 0) is 16.1 Å². The number of rotatable bonds is 5. The van der Waals surface area contributed by atoms with Crippen molar-refractivity contribution in [2.24, 2.45) is 23.2 Å². The number of hydrogen-bond donors (Lipinski definition) is 2. The fraction of sp³-hybridized carbons (Fsp3) is 0.524. The molecule has 0 atom stereocenters. The summed E-state index contributed by atoms with van der Waals surface area (Å²) < 4.78 is 18.7. The van der Waals surface area contributed by atoms with Gasteiger partial charge < -0.3 is 15.8 Å². The molecule has 1 aromatic carbocycles. The Balaban J connectivity index is 1.26. The van der Waals surface area contributed by atoms with Crippen molar-refractivity contribution in [3.8, 4) is 0 Å². The van der Waals surface area contributed by atoms with Crippen molar-refractivity contribution < 1.29 is 13.9 Å². The van der Waals surface area contributed by atoms with Crippen molar-refractivity contribution in [3.05, 3.63) is 35.9 Å². The number of esters is 1. The van der Waals surface area contributed by atoms with E-state index in [0.717, 1.165) is 19.3 Å². The van der Waals surface area contributed by atoms with Gasteiger partial charge in [-0.05, 0) is 80.5 Å². The van der Waals surface area contributed by atoms with Crippen molar-refractivity contribution in [1.82, 2.24) is 15.0 Å². The molecule has 152 valence electrons. The highest BCUT2D eigenvalue weighted by molar-refractivity contribution is 5.77. The zero-order valence-electron chi connectivity index (χ0n) is 16.1. The van der Waals surface area contributed by atoms with Crippen molar-refractivity contribution in [2.45, 2.75) is 45.1 Å². The Morgan fingerprint density at radius 3 is 2.31 bits per heavy atom. The summed E-state index contributed by atoms with van der Waals surface area (Å²) in [5.41, 5.74) is 6.09. The second-order valence-corrected chi connectivity index (χ2v) is 8.84. The van der Waals surface area contributed by atoms with Crippen LogP contribution in [0.1, 0.15) is 44.3 Å². The molecule has 4 aliphatic rings. The number of anilines is 3. The number of nitrogen functional groups attached to an aromatic ring is 1. The van der Waals surface area contributed by atoms with Crippen LogP contribution in [-0.4, -0.2) is 20.9 Å². The van der Waals surface area contributed by atoms with Gasteiger partial charge in [-0.1, -0.05) is 0 Å². The van der Waals surface area contributed by atoms with Crippen LogP contribution in [0.2, 0.25) is 0 Å². The molecule has 0 unspecified atom stereocenters. The van der Waals surface area contributed by atoms with E-state index in [4.69, 9.17) is 10.5 Å². The number of ether oxygens (including phenoxy) is 1. The molecule has 0 aliphatic heterocycles. The molecule has 29 heavy (non-hydrogen) atoms. The van der Waals surface area contributed by atoms with Crippen molar-refractivity contribution in [3.63, 3.8) is 0 Å². The Kier molecular flexibility index (Phi) is 4.37. The number of hydrogen-bond acceptors (Lipinski definition) is 7. The predicted octanol–water partition coefficient (Wildman–Crippen LogP) is 3.60. The number of halogens is 1. The second-order valence-electron chi connectivity index (χ2n) is 8.84. The van der Waals surface area contributed by atoms with E-state index in [-0.39, 0.29) is 35.7 Å². The van der Waals surface area contributed by atoms with Crippen LogP contribution >= 0.6 is 0 Å². The lowest BCUT2D eigenvalue weighted by atomic mass is 9.49. The Morgan fingerprint density at radius 1 is 1.07 bits per heavy atom. The summed E-state index contributed by atoms with van der Waals surface area (Å²) in [6.45, 7) is -0.0363. The second kappa shape index (κ2) is 6.93. The quantitative estimate of drug-likeness (QED) is 0.743. The van der Waals surface area contributed by atoms with E-state index < -0.39 is 0 Å². The fourth-order valence-electron chi connectivity index (χ4n) is 5.86. The molecule has 3 N–H and O–H groups in total. The van der Waals surface area contributed by atoms with Gasteiger partial charge in [0.25, 0.3) is 0 Å². The number of nitrogens with one attached hydrogen (secondary N) is 1. The van der Waals surface area contributed by atoms with E-state index in [1.165, 1.54) is 31.4 Å². The number of carbonyl (C=O) groups is 1. The van der Waals surface area contributed by atoms with E-state index >= 15 is 0 Å². The molecule has 1 aromatic heterocycles. The molecular weight excluding hydrogens is 373 g/mol. The van der Waals surface area contributed by atoms with Gasteiger partial charge >= 0.3 is 5.97 Å². The van der Waals surface area contributed by atoms with Gasteiger partial charge in [0.15, 0.2) is 12.4 Å². The number of nitrogens with two attached hydrogens (primary N) is 1. The molecular formula is C21H24FN5O2. The minimum absolute atomic E-state index is 0.0328. The average Bonchev–Trinajstić information content (AvgIpc) is 2.66. The van der Waals surface area contributed by atoms with Gasteiger partial charge in [-0.25, -0.2) is 4.39 Å². The van der Waals surface area contributed by atoms with Gasteiger partial charge in [0, 0.05) is 5.69 Å². The molecule has 1 heterocycles. The van der Waals surface area contributed by atoms with E-state index in [2.05, 4.69) is 20.3 Å². The summed E-state index contributed by atoms with van der Waals surface area (Å²) in [6.07, 6.45) is 6.68. The van der Waals surface area contributed by atoms with Crippen LogP contribution in [0.5, 0.6) is 0 Å². The highest BCUT2D eigenvalue weighted by Gasteiger charge is 2.55. The lowest BCUT2D eigenvalue weighted by Gasteiger charge is -2.55. The zero-order valence-corrected chi connectivity index (χ0v) is 16.1. The number of aromatic nitrogens is 3. The smallest absolute Gasteiger partial charge is 0.312 e. The summed E-state index contributed by atoms with van der Waals surface area (Å²) in [6, 6.07) is 5.81. The van der Waals surface area contributed by atoms with E-state index in [9.17, 15) is 9.18 Å². The predicted molar refractivity (Wildman–Crippen MR) is 104 cm³/mol. The average molecular weight is 397 g/mol. The van der Waals surface area contributed by atoms with Crippen molar-refractivity contribution >= 4 is 23.6 Å². The Labute approximate surface area is 168 Å². The van der Waals surface area contributed by atoms with Crippen LogP contribution in [0, 0.1) is 29.0 Å². The van der Waals surface area contributed by atoms with Gasteiger partial charge in [0.1, 0.15) is 5.82 Å². The summed E-state index contributed by atoms with van der Waals surface area (Å²) in [5, 5.41) is 2.96. The molecule has 0 spiro atoms. The van der Waals surface area contributed by atoms with Crippen molar-refractivity contribution in [2.75, 3.05) is 11.1 Å². The SMILES string of the molecule is Nc1nc(COC(=O)C23CC4CC(CC(C4)C2)C3)nc(Nc2ccc(F)cc2)n1. The van der Waals surface area contributed by atoms with Crippen LogP contribution < -0.4 is 11.1 Å². The molecule has 0 radical (unpaired) electrons. The molecule has 4 fully saturated rings. The molecule has 4 saturated carbocycles. The Bertz CT molecular complexity index is 898. The van der Waals surface area contributed by atoms with Crippen LogP contribution in [0.4, 0.5) is 22.0 Å². The monoisotopic (exact) mass is 397 g/mol. The lowest BCUT2D eigenvalue weighted by Crippen LogP contribution is -2.50. The summed E-state index contributed by atoms with van der Waals surface area (Å²) in [4.78, 5) is 25.4. The van der Waals surface area contributed by atoms with E-state index in [0.29, 0.717) is 29.3 Å². The van der Waals surface area contributed by atoms with Crippen molar-refractivity contribution in [1.29, 1.82) is 0 Å². The summed E-state index contributed by atoms with van der Waals surface area (Å²) >= 11 is 0. The van der Waals surface area contributed by atoms with Crippen LogP contribution in [0.3, 0.4) is 0 Å². The minimum Gasteiger partial charge on any atom is -0.457 e. The maximum atomic E-state index is 13.1. The van der Waals surface area contributed by atoms with Crippen LogP contribution in [0.25, 0.3) is 0 Å². The first-order chi connectivity index (χ1) is 14.0. The zero-order chi connectivity index (χ0) is 20.0. The lowest BCUT2D eigenvalue weighted by molar-refractivity contribution is -0.173. The first-order valence-electron chi connectivity index (χ1n) is 10.2. The molecule has 4 bridgehead atoms. The minimum atomic E-state index is -0.331. The molecule has 0 amide bonds. The first-order valence-corrected chi connectivity index (χ1v) is 10.2. The highest BCUT2D eigenvalue weighted by Crippen LogP contribution is 2.60. The van der Waals surface area contributed by atoms with Gasteiger partial charge in [-0.15, -0.1) is 0 Å². The third-order valence-electron chi connectivity index (χ3n) is 6.60. The number of carbonyl (C=O) groups excluding carboxylic acids is 1. The van der Waals surface area contributed by atoms with E-state index in [1.54, 1.807) is 12.1 Å². The third kappa shape index (κ3) is 3.63. The molecule has 4 aliphatic carbocycles. The molecule has 6 rings (SSSR count). The van der Waals surface area contributed by atoms with Gasteiger partial charge in [-0.3, -0.25) is 4.79 Å². The summed E-state index contributed by atoms with van der Waals surface area (Å²) in [7, 11) is 0. The molecule has 2 aromatic rings. The standard InChI is InChI=1S/C21H24FN5O2/c22-15-1-3-16(4-2-15)24-20-26-17(25-19(23)27-20)11-29-18(28)21-8-12-5-13(9-21)7-14(6-12)10-21/h1-4,12-14H,5-11H2,(H3,23,24,25,26,27). The van der Waals surface area contributed by atoms with Gasteiger partial charge in [0.2, 0.25) is 11.9 Å². The molecule has 7 nitrogen and oxygen atoms in total. The topological polar surface area (TPSA) is 103 Å². The first kappa shape index (κ1) is 18.3. The highest BCUT2D eigenvalue weighted by atomic mass is 19.1. The normalized spacial score (nSPS) is 29.6. The van der Waals surface area contributed by atoms with Gasteiger partial charge in [0.05, 0.1) is 5.41 Å². The largest absolute Gasteiger partial charge is 0.457 e. The Morgan fingerprint density at radius 2 is 1.69 bits per heavy atom. The Hall–Kier alpha value is -2.77. The maximum absolute atomic E-state index is 13.1.